The smallest absolute Gasteiger partial charge is 0.311 e. The SMILES string of the molecule is CC1(C)C(C(N)=O)=[N+]([O-])C(C)(C)N1O. The van der Waals surface area contributed by atoms with E-state index < -0.39 is 17.1 Å². The second-order valence-electron chi connectivity index (χ2n) is 4.37. The lowest BCUT2D eigenvalue weighted by Gasteiger charge is -2.29. The van der Waals surface area contributed by atoms with E-state index in [-0.39, 0.29) is 5.71 Å². The number of rotatable bonds is 1. The van der Waals surface area contributed by atoms with Crippen molar-refractivity contribution in [2.45, 2.75) is 38.9 Å². The molecule has 6 heteroatoms. The number of carbonyl (C=O) groups is 1. The Morgan fingerprint density at radius 2 is 1.93 bits per heavy atom. The van der Waals surface area contributed by atoms with E-state index in [2.05, 4.69) is 0 Å². The van der Waals surface area contributed by atoms with Crippen molar-refractivity contribution < 1.29 is 14.7 Å². The van der Waals surface area contributed by atoms with Gasteiger partial charge in [0.05, 0.1) is 0 Å². The van der Waals surface area contributed by atoms with E-state index in [1.165, 1.54) is 13.8 Å². The van der Waals surface area contributed by atoms with Crippen molar-refractivity contribution >= 4 is 11.6 Å². The Balaban J connectivity index is 3.37. The molecule has 80 valence electrons. The molecule has 3 N–H and O–H groups in total. The third-order valence-electron chi connectivity index (χ3n) is 2.56. The summed E-state index contributed by atoms with van der Waals surface area (Å²) in [4.78, 5) is 11.1. The second-order valence-corrected chi connectivity index (χ2v) is 4.37. The maximum Gasteiger partial charge on any atom is 0.311 e. The van der Waals surface area contributed by atoms with Gasteiger partial charge in [0.1, 0.15) is 5.54 Å². The summed E-state index contributed by atoms with van der Waals surface area (Å²) in [5, 5.41) is 22.2. The minimum absolute atomic E-state index is 0.134. The molecule has 1 aliphatic heterocycles. The second kappa shape index (κ2) is 2.68. The number of carbonyl (C=O) groups excluding carboxylic acids is 1. The molecule has 1 rings (SSSR count). The minimum atomic E-state index is -1.17. The highest BCUT2D eigenvalue weighted by Gasteiger charge is 2.58. The van der Waals surface area contributed by atoms with Crippen molar-refractivity contribution in [2.75, 3.05) is 0 Å². The van der Waals surface area contributed by atoms with E-state index in [0.717, 1.165) is 5.06 Å². The van der Waals surface area contributed by atoms with Crippen molar-refractivity contribution in [1.29, 1.82) is 0 Å². The Morgan fingerprint density at radius 1 is 1.50 bits per heavy atom. The van der Waals surface area contributed by atoms with E-state index >= 15 is 0 Å². The lowest BCUT2D eigenvalue weighted by Crippen LogP contribution is -2.52. The van der Waals surface area contributed by atoms with Crippen LogP contribution in [-0.4, -0.2) is 37.8 Å². The van der Waals surface area contributed by atoms with Gasteiger partial charge in [-0.25, -0.2) is 0 Å². The fourth-order valence-electron chi connectivity index (χ4n) is 1.79. The van der Waals surface area contributed by atoms with Crippen LogP contribution in [0.5, 0.6) is 0 Å². The highest BCUT2D eigenvalue weighted by atomic mass is 16.6. The zero-order chi connectivity index (χ0) is 11.3. The third kappa shape index (κ3) is 1.11. The number of primary amides is 1. The van der Waals surface area contributed by atoms with Crippen LogP contribution in [0.25, 0.3) is 0 Å². The Labute approximate surface area is 82.2 Å². The van der Waals surface area contributed by atoms with E-state index in [4.69, 9.17) is 5.73 Å². The topological polar surface area (TPSA) is 92.6 Å². The maximum atomic E-state index is 11.7. The summed E-state index contributed by atoms with van der Waals surface area (Å²) in [5.74, 6) is -0.811. The predicted octanol–water partition coefficient (Wildman–Crippen LogP) is -0.357. The van der Waals surface area contributed by atoms with Gasteiger partial charge in [0.2, 0.25) is 5.66 Å². The molecule has 1 aliphatic rings. The third-order valence-corrected chi connectivity index (χ3v) is 2.56. The summed E-state index contributed by atoms with van der Waals surface area (Å²) >= 11 is 0. The van der Waals surface area contributed by atoms with Gasteiger partial charge < -0.3 is 16.1 Å². The van der Waals surface area contributed by atoms with Gasteiger partial charge >= 0.3 is 5.91 Å². The van der Waals surface area contributed by atoms with Crippen LogP contribution in [0.2, 0.25) is 0 Å². The number of hydrogen-bond donors (Lipinski definition) is 2. The molecule has 0 aromatic carbocycles. The van der Waals surface area contributed by atoms with Crippen LogP contribution < -0.4 is 5.73 Å². The number of nitrogens with zero attached hydrogens (tertiary/aromatic N) is 2. The van der Waals surface area contributed by atoms with Crippen molar-refractivity contribution in [3.8, 4) is 0 Å². The lowest BCUT2D eigenvalue weighted by molar-refractivity contribution is -0.580. The first-order valence-electron chi connectivity index (χ1n) is 4.27. The molecule has 0 aromatic rings. The molecule has 0 radical (unpaired) electrons. The number of amides is 1. The normalized spacial score (nSPS) is 25.5. The standard InChI is InChI=1S/C8H15N3O3/c1-7(2)5(6(9)12)10(13)8(3,4)11(7)14/h14H,1-4H3,(H2,9,12). The molecule has 0 fully saturated rings. The molecule has 0 spiro atoms. The summed E-state index contributed by atoms with van der Waals surface area (Å²) in [5.41, 5.74) is 2.73. The van der Waals surface area contributed by atoms with Gasteiger partial charge in [-0.1, -0.05) is 0 Å². The number of nitrogens with two attached hydrogens (primary N) is 1. The minimum Gasteiger partial charge on any atom is -0.622 e. The maximum absolute atomic E-state index is 11.7. The Kier molecular flexibility index (Phi) is 2.09. The Hall–Kier alpha value is -1.14. The first kappa shape index (κ1) is 10.9. The lowest BCUT2D eigenvalue weighted by atomic mass is 9.98. The Morgan fingerprint density at radius 3 is 2.07 bits per heavy atom. The van der Waals surface area contributed by atoms with Gasteiger partial charge in [0.25, 0.3) is 5.71 Å². The van der Waals surface area contributed by atoms with E-state index in [9.17, 15) is 15.2 Å². The van der Waals surface area contributed by atoms with E-state index in [1.54, 1.807) is 13.8 Å². The van der Waals surface area contributed by atoms with Crippen molar-refractivity contribution in [2.24, 2.45) is 5.73 Å². The van der Waals surface area contributed by atoms with Gasteiger partial charge in [-0.15, -0.1) is 5.06 Å². The quantitative estimate of drug-likeness (QED) is 0.447. The Bertz CT molecular complexity index is 320. The van der Waals surface area contributed by atoms with Crippen LogP contribution in [0.1, 0.15) is 27.7 Å². The van der Waals surface area contributed by atoms with Crippen molar-refractivity contribution in [3.05, 3.63) is 5.21 Å². The molecule has 14 heavy (non-hydrogen) atoms. The number of hydrogen-bond acceptors (Lipinski definition) is 4. The monoisotopic (exact) mass is 201 g/mol. The van der Waals surface area contributed by atoms with Crippen LogP contribution in [0.4, 0.5) is 0 Å². The van der Waals surface area contributed by atoms with Gasteiger partial charge in [0.15, 0.2) is 0 Å². The molecule has 1 amide bonds. The van der Waals surface area contributed by atoms with Gasteiger partial charge in [-0.2, -0.15) is 4.74 Å². The zero-order valence-corrected chi connectivity index (χ0v) is 8.74. The summed E-state index contributed by atoms with van der Waals surface area (Å²) in [6, 6.07) is 0. The predicted molar refractivity (Wildman–Crippen MR) is 49.6 cm³/mol. The highest BCUT2D eigenvalue weighted by Crippen LogP contribution is 2.31. The average molecular weight is 201 g/mol. The summed E-state index contributed by atoms with van der Waals surface area (Å²) in [7, 11) is 0. The first-order valence-corrected chi connectivity index (χ1v) is 4.27. The first-order chi connectivity index (χ1) is 6.13. The molecule has 0 unspecified atom stereocenters. The molecular formula is C8H15N3O3. The van der Waals surface area contributed by atoms with Crippen LogP contribution in [0.3, 0.4) is 0 Å². The van der Waals surface area contributed by atoms with Crippen LogP contribution in [0, 0.1) is 5.21 Å². The van der Waals surface area contributed by atoms with Gasteiger partial charge in [-0.05, 0) is 13.8 Å². The fraction of sp³-hybridized carbons (Fsp3) is 0.750. The summed E-state index contributed by atoms with van der Waals surface area (Å²) in [6.45, 7) is 6.15. The van der Waals surface area contributed by atoms with Gasteiger partial charge in [0, 0.05) is 13.8 Å². The molecular weight excluding hydrogens is 186 g/mol. The number of hydroxylamine groups is 3. The van der Waals surface area contributed by atoms with Crippen LogP contribution >= 0.6 is 0 Å². The molecule has 0 aliphatic carbocycles. The molecule has 0 saturated carbocycles. The van der Waals surface area contributed by atoms with Crippen LogP contribution in [0.15, 0.2) is 0 Å². The van der Waals surface area contributed by atoms with Gasteiger partial charge in [-0.3, -0.25) is 4.79 Å². The molecule has 0 saturated heterocycles. The molecule has 1 heterocycles. The van der Waals surface area contributed by atoms with E-state index in [0.29, 0.717) is 4.74 Å². The molecule has 6 nitrogen and oxygen atoms in total. The zero-order valence-electron chi connectivity index (χ0n) is 8.74. The molecule has 0 bridgehead atoms. The molecule has 0 atom stereocenters. The fourth-order valence-corrected chi connectivity index (χ4v) is 1.79. The van der Waals surface area contributed by atoms with E-state index in [1.807, 2.05) is 0 Å². The van der Waals surface area contributed by atoms with Crippen molar-refractivity contribution in [3.63, 3.8) is 0 Å². The van der Waals surface area contributed by atoms with Crippen LogP contribution in [-0.2, 0) is 4.79 Å². The summed E-state index contributed by atoms with van der Waals surface area (Å²) in [6.07, 6.45) is 0. The highest BCUT2D eigenvalue weighted by molar-refractivity contribution is 6.39. The largest absolute Gasteiger partial charge is 0.622 e. The van der Waals surface area contributed by atoms with Crippen molar-refractivity contribution in [1.82, 2.24) is 5.06 Å². The molecule has 0 aromatic heterocycles. The average Bonchev–Trinajstić information content (AvgIpc) is 2.10. The summed E-state index contributed by atoms with van der Waals surface area (Å²) < 4.78 is 0.454.